The van der Waals surface area contributed by atoms with Gasteiger partial charge in [0.15, 0.2) is 6.10 Å². The van der Waals surface area contributed by atoms with Crippen molar-refractivity contribution in [3.8, 4) is 0 Å². The number of nitrogen functional groups attached to an aromatic ring is 1. The van der Waals surface area contributed by atoms with Crippen LogP contribution >= 0.6 is 0 Å². The molecule has 0 heterocycles. The van der Waals surface area contributed by atoms with E-state index in [1.807, 2.05) is 5.43 Å². The van der Waals surface area contributed by atoms with Gasteiger partial charge in [0, 0.05) is 5.56 Å². The predicted molar refractivity (Wildman–Crippen MR) is 46.8 cm³/mol. The van der Waals surface area contributed by atoms with Crippen LogP contribution in [0, 0.1) is 5.82 Å². The first-order valence-electron chi connectivity index (χ1n) is 3.73. The third-order valence-corrected chi connectivity index (χ3v) is 1.72. The van der Waals surface area contributed by atoms with Gasteiger partial charge in [0.2, 0.25) is 0 Å². The number of benzene rings is 1. The molecular formula is C8H9FN2O3. The van der Waals surface area contributed by atoms with Crippen molar-refractivity contribution in [3.63, 3.8) is 0 Å². The standard InChI is InChI=1S/C8H9FN2O3/c9-5-3-1-2-4(6(5)11-10)7(12)8(13)14/h1-3,7,11-12H,10H2,(H,13,14). The highest BCUT2D eigenvalue weighted by molar-refractivity contribution is 5.77. The van der Waals surface area contributed by atoms with E-state index >= 15 is 0 Å². The number of nitrogens with two attached hydrogens (primary N) is 1. The molecular weight excluding hydrogens is 191 g/mol. The number of aliphatic hydroxyl groups excluding tert-OH is 1. The Labute approximate surface area is 78.9 Å². The highest BCUT2D eigenvalue weighted by Gasteiger charge is 2.20. The lowest BCUT2D eigenvalue weighted by Crippen LogP contribution is -2.17. The molecule has 0 saturated heterocycles. The van der Waals surface area contributed by atoms with Crippen LogP contribution in [0.5, 0.6) is 0 Å². The van der Waals surface area contributed by atoms with Crippen LogP contribution in [-0.4, -0.2) is 16.2 Å². The first kappa shape index (κ1) is 10.4. The number of carboxylic acids is 1. The highest BCUT2D eigenvalue weighted by atomic mass is 19.1. The summed E-state index contributed by atoms with van der Waals surface area (Å²) in [5.74, 6) is 2.81. The van der Waals surface area contributed by atoms with Crippen LogP contribution in [0.2, 0.25) is 0 Å². The monoisotopic (exact) mass is 200 g/mol. The summed E-state index contributed by atoms with van der Waals surface area (Å²) >= 11 is 0. The van der Waals surface area contributed by atoms with E-state index in [1.54, 1.807) is 0 Å². The Balaban J connectivity index is 3.20. The van der Waals surface area contributed by atoms with Crippen molar-refractivity contribution < 1.29 is 19.4 Å². The van der Waals surface area contributed by atoms with Crippen LogP contribution in [0.25, 0.3) is 0 Å². The second-order valence-corrected chi connectivity index (χ2v) is 2.59. The molecule has 5 nitrogen and oxygen atoms in total. The van der Waals surface area contributed by atoms with Crippen LogP contribution in [0.1, 0.15) is 11.7 Å². The quantitative estimate of drug-likeness (QED) is 0.413. The van der Waals surface area contributed by atoms with Gasteiger partial charge in [0.1, 0.15) is 5.82 Å². The topological polar surface area (TPSA) is 95.6 Å². The van der Waals surface area contributed by atoms with Crippen molar-refractivity contribution in [1.82, 2.24) is 0 Å². The fraction of sp³-hybridized carbons (Fsp3) is 0.125. The molecule has 6 heteroatoms. The Hall–Kier alpha value is -1.66. The fourth-order valence-corrected chi connectivity index (χ4v) is 1.05. The molecule has 0 saturated carbocycles. The molecule has 0 bridgehead atoms. The van der Waals surface area contributed by atoms with E-state index in [0.29, 0.717) is 0 Å². The first-order valence-corrected chi connectivity index (χ1v) is 3.73. The van der Waals surface area contributed by atoms with Gasteiger partial charge in [0.25, 0.3) is 0 Å². The van der Waals surface area contributed by atoms with Crippen molar-refractivity contribution in [2.24, 2.45) is 5.84 Å². The Morgan fingerprint density at radius 3 is 2.71 bits per heavy atom. The molecule has 0 radical (unpaired) electrons. The number of aliphatic carboxylic acids is 1. The number of anilines is 1. The smallest absolute Gasteiger partial charge is 0.337 e. The Morgan fingerprint density at radius 1 is 1.57 bits per heavy atom. The number of halogens is 1. The maximum atomic E-state index is 13.0. The van der Waals surface area contributed by atoms with Gasteiger partial charge < -0.3 is 15.6 Å². The second kappa shape index (κ2) is 4.03. The average Bonchev–Trinajstić information content (AvgIpc) is 2.16. The molecule has 14 heavy (non-hydrogen) atoms. The molecule has 1 rings (SSSR count). The molecule has 5 N–H and O–H groups in total. The summed E-state index contributed by atoms with van der Waals surface area (Å²) in [7, 11) is 0. The van der Waals surface area contributed by atoms with Crippen LogP contribution in [0.4, 0.5) is 10.1 Å². The number of para-hydroxylation sites is 1. The predicted octanol–water partition coefficient (Wildman–Crippen LogP) is 0.229. The van der Waals surface area contributed by atoms with E-state index in [9.17, 15) is 14.3 Å². The van der Waals surface area contributed by atoms with E-state index in [4.69, 9.17) is 10.9 Å². The number of hydrazine groups is 1. The molecule has 0 spiro atoms. The lowest BCUT2D eigenvalue weighted by molar-refractivity contribution is -0.146. The van der Waals surface area contributed by atoms with Gasteiger partial charge in [0.05, 0.1) is 5.69 Å². The number of rotatable bonds is 3. The summed E-state index contributed by atoms with van der Waals surface area (Å²) < 4.78 is 13.0. The van der Waals surface area contributed by atoms with Crippen LogP contribution in [0.3, 0.4) is 0 Å². The molecule has 0 fully saturated rings. The van der Waals surface area contributed by atoms with Crippen LogP contribution in [-0.2, 0) is 4.79 Å². The summed E-state index contributed by atoms with van der Waals surface area (Å²) in [5, 5.41) is 17.7. The third kappa shape index (κ3) is 1.81. The summed E-state index contributed by atoms with van der Waals surface area (Å²) in [4.78, 5) is 10.4. The highest BCUT2D eigenvalue weighted by Crippen LogP contribution is 2.24. The molecule has 0 aliphatic rings. The van der Waals surface area contributed by atoms with Gasteiger partial charge >= 0.3 is 5.97 Å². The Morgan fingerprint density at radius 2 is 2.21 bits per heavy atom. The zero-order chi connectivity index (χ0) is 10.7. The summed E-state index contributed by atoms with van der Waals surface area (Å²) in [6.07, 6.45) is -1.79. The van der Waals surface area contributed by atoms with Crippen molar-refractivity contribution >= 4 is 11.7 Å². The normalized spacial score (nSPS) is 12.2. The fourth-order valence-electron chi connectivity index (χ4n) is 1.05. The molecule has 1 aromatic rings. The molecule has 0 aliphatic carbocycles. The summed E-state index contributed by atoms with van der Waals surface area (Å²) in [6.45, 7) is 0. The molecule has 0 amide bonds. The molecule has 1 atom stereocenters. The zero-order valence-electron chi connectivity index (χ0n) is 7.07. The van der Waals surface area contributed by atoms with Gasteiger partial charge in [-0.2, -0.15) is 0 Å². The summed E-state index contributed by atoms with van der Waals surface area (Å²) in [6, 6.07) is 3.67. The molecule has 76 valence electrons. The van der Waals surface area contributed by atoms with Crippen molar-refractivity contribution in [2.75, 3.05) is 5.43 Å². The molecule has 1 unspecified atom stereocenters. The molecule has 0 aromatic heterocycles. The van der Waals surface area contributed by atoms with Crippen LogP contribution in [0.15, 0.2) is 18.2 Å². The van der Waals surface area contributed by atoms with E-state index in [0.717, 1.165) is 6.07 Å². The minimum Gasteiger partial charge on any atom is -0.479 e. The van der Waals surface area contributed by atoms with Crippen molar-refractivity contribution in [1.29, 1.82) is 0 Å². The number of hydrogen-bond acceptors (Lipinski definition) is 4. The SMILES string of the molecule is NNc1c(F)cccc1C(O)C(=O)O. The average molecular weight is 200 g/mol. The number of aliphatic hydroxyl groups is 1. The van der Waals surface area contributed by atoms with Gasteiger partial charge in [-0.1, -0.05) is 12.1 Å². The largest absolute Gasteiger partial charge is 0.479 e. The lowest BCUT2D eigenvalue weighted by Gasteiger charge is -2.11. The minimum absolute atomic E-state index is 0.111. The molecule has 0 aliphatic heterocycles. The van der Waals surface area contributed by atoms with Gasteiger partial charge in [-0.3, -0.25) is 5.84 Å². The Bertz CT molecular complexity index is 356. The van der Waals surface area contributed by atoms with Gasteiger partial charge in [-0.05, 0) is 6.07 Å². The number of nitrogens with one attached hydrogen (secondary N) is 1. The minimum atomic E-state index is -1.79. The van der Waals surface area contributed by atoms with E-state index < -0.39 is 17.9 Å². The van der Waals surface area contributed by atoms with E-state index in [-0.39, 0.29) is 11.3 Å². The van der Waals surface area contributed by atoms with Gasteiger partial charge in [-0.25, -0.2) is 9.18 Å². The van der Waals surface area contributed by atoms with Crippen LogP contribution < -0.4 is 11.3 Å². The number of hydrogen-bond donors (Lipinski definition) is 4. The van der Waals surface area contributed by atoms with Crippen molar-refractivity contribution in [3.05, 3.63) is 29.6 Å². The lowest BCUT2D eigenvalue weighted by atomic mass is 10.1. The third-order valence-electron chi connectivity index (χ3n) is 1.72. The van der Waals surface area contributed by atoms with E-state index in [1.165, 1.54) is 12.1 Å². The first-order chi connectivity index (χ1) is 6.57. The maximum absolute atomic E-state index is 13.0. The van der Waals surface area contributed by atoms with Gasteiger partial charge in [-0.15, -0.1) is 0 Å². The second-order valence-electron chi connectivity index (χ2n) is 2.59. The Kier molecular flexibility index (Phi) is 3.00. The van der Waals surface area contributed by atoms with Crippen molar-refractivity contribution in [2.45, 2.75) is 6.10 Å². The summed E-state index contributed by atoms with van der Waals surface area (Å²) in [5.41, 5.74) is 1.67. The number of carbonyl (C=O) groups is 1. The maximum Gasteiger partial charge on any atom is 0.337 e. The number of carboxylic acid groups (broad SMARTS) is 1. The van der Waals surface area contributed by atoms with E-state index in [2.05, 4.69) is 0 Å². The zero-order valence-corrected chi connectivity index (χ0v) is 7.07. The molecule has 1 aromatic carbocycles.